The highest BCUT2D eigenvalue weighted by molar-refractivity contribution is 5.57. The van der Waals surface area contributed by atoms with E-state index in [1.807, 2.05) is 0 Å². The molecule has 4 heteroatoms. The maximum absolute atomic E-state index is 6.93. The van der Waals surface area contributed by atoms with E-state index < -0.39 is 0 Å². The molecular formula is C51H84O4. The van der Waals surface area contributed by atoms with Crippen molar-refractivity contribution in [3.63, 3.8) is 0 Å². The molecule has 0 spiro atoms. The van der Waals surface area contributed by atoms with Gasteiger partial charge in [0.2, 0.25) is 0 Å². The summed E-state index contributed by atoms with van der Waals surface area (Å²) in [6.45, 7) is 40.9. The minimum Gasteiger partial charge on any atom is -0.493 e. The molecule has 2 aromatic rings. The lowest BCUT2D eigenvalue weighted by atomic mass is 9.69. The van der Waals surface area contributed by atoms with Crippen molar-refractivity contribution in [3.8, 4) is 11.5 Å². The van der Waals surface area contributed by atoms with Crippen molar-refractivity contribution in [2.75, 3.05) is 26.4 Å². The van der Waals surface area contributed by atoms with Gasteiger partial charge in [-0.2, -0.15) is 0 Å². The summed E-state index contributed by atoms with van der Waals surface area (Å²) in [5.41, 5.74) is 7.30. The van der Waals surface area contributed by atoms with Gasteiger partial charge in [-0.05, 0) is 83.1 Å². The van der Waals surface area contributed by atoms with Crippen molar-refractivity contribution in [1.82, 2.24) is 0 Å². The molecule has 0 aliphatic carbocycles. The zero-order valence-corrected chi connectivity index (χ0v) is 38.7. The Kier molecular flexibility index (Phi) is 15.2. The summed E-state index contributed by atoms with van der Waals surface area (Å²) < 4.78 is 25.3. The third kappa shape index (κ3) is 12.5. The zero-order valence-electron chi connectivity index (χ0n) is 38.7. The molecule has 2 aliphatic heterocycles. The summed E-state index contributed by atoms with van der Waals surface area (Å²) in [6.07, 6.45) is 13.0. The molecule has 2 heterocycles. The molecule has 2 saturated heterocycles. The van der Waals surface area contributed by atoms with E-state index >= 15 is 0 Å². The topological polar surface area (TPSA) is 43.5 Å². The fraction of sp³-hybridized carbons (Fsp3) is 0.765. The summed E-state index contributed by atoms with van der Waals surface area (Å²) in [5.74, 6) is 3.50. The molecule has 312 valence electrons. The summed E-state index contributed by atoms with van der Waals surface area (Å²) >= 11 is 0. The van der Waals surface area contributed by atoms with Crippen LogP contribution in [-0.2, 0) is 36.5 Å². The normalized spacial score (nSPS) is 19.0. The third-order valence-electron chi connectivity index (χ3n) is 12.4. The molecule has 0 aromatic heterocycles. The van der Waals surface area contributed by atoms with Crippen molar-refractivity contribution in [2.24, 2.45) is 11.8 Å². The summed E-state index contributed by atoms with van der Waals surface area (Å²) in [7, 11) is 0. The van der Waals surface area contributed by atoms with Crippen molar-refractivity contribution in [2.45, 2.75) is 214 Å². The number of ether oxygens (including phenoxy) is 4. The third-order valence-corrected chi connectivity index (χ3v) is 12.4. The van der Waals surface area contributed by atoms with Gasteiger partial charge in [-0.15, -0.1) is 0 Å². The quantitative estimate of drug-likeness (QED) is 0.0996. The highest BCUT2D eigenvalue weighted by Crippen LogP contribution is 2.48. The number of unbranched alkanes of at least 4 members (excludes halogenated alkanes) is 2. The summed E-state index contributed by atoms with van der Waals surface area (Å²) in [6, 6.07) is 9.90. The highest BCUT2D eigenvalue weighted by Gasteiger charge is 2.37. The van der Waals surface area contributed by atoms with E-state index in [0.29, 0.717) is 24.0 Å². The second-order valence-corrected chi connectivity index (χ2v) is 22.0. The average Bonchev–Trinajstić information content (AvgIpc) is 4.00. The van der Waals surface area contributed by atoms with E-state index in [-0.39, 0.29) is 27.1 Å². The van der Waals surface area contributed by atoms with Crippen LogP contribution in [0.4, 0.5) is 0 Å². The molecule has 4 atom stereocenters. The number of hydrogen-bond donors (Lipinski definition) is 0. The number of benzene rings is 2. The maximum Gasteiger partial charge on any atom is 0.126 e. The fourth-order valence-corrected chi connectivity index (χ4v) is 8.35. The first-order chi connectivity index (χ1) is 25.5. The Hall–Kier alpha value is -2.04. The predicted octanol–water partition coefficient (Wildman–Crippen LogP) is 13.9. The van der Waals surface area contributed by atoms with Gasteiger partial charge in [-0.25, -0.2) is 0 Å². The Labute approximate surface area is 339 Å². The Morgan fingerprint density at radius 3 is 1.00 bits per heavy atom. The van der Waals surface area contributed by atoms with Crippen LogP contribution < -0.4 is 9.47 Å². The van der Waals surface area contributed by atoms with Gasteiger partial charge < -0.3 is 18.9 Å². The highest BCUT2D eigenvalue weighted by atomic mass is 16.6. The minimum atomic E-state index is -0.259. The molecule has 0 bridgehead atoms. The first kappa shape index (κ1) is 45.7. The largest absolute Gasteiger partial charge is 0.493 e. The van der Waals surface area contributed by atoms with Gasteiger partial charge in [0.1, 0.15) is 11.5 Å². The molecule has 2 fully saturated rings. The SMILES string of the molecule is CCCCC(CCCOc1c(C(C)(C)C)cc(C(C)(C)c2cc(C(C)(C)C)c(OCCCC(CCCC)C3CO3)c(C(C)(C)C)c2)cc1C(C)(C)C)C1CO1. The lowest BCUT2D eigenvalue weighted by molar-refractivity contribution is 0.251. The van der Waals surface area contributed by atoms with Crippen LogP contribution in [0.3, 0.4) is 0 Å². The van der Waals surface area contributed by atoms with Crippen LogP contribution >= 0.6 is 0 Å². The van der Waals surface area contributed by atoms with Crippen LogP contribution in [0.1, 0.15) is 208 Å². The van der Waals surface area contributed by atoms with Crippen LogP contribution in [0.2, 0.25) is 0 Å². The van der Waals surface area contributed by atoms with Gasteiger partial charge in [0.25, 0.3) is 0 Å². The van der Waals surface area contributed by atoms with Crippen LogP contribution in [0.25, 0.3) is 0 Å². The monoisotopic (exact) mass is 761 g/mol. The lowest BCUT2D eigenvalue weighted by Gasteiger charge is -2.37. The number of rotatable bonds is 20. The summed E-state index contributed by atoms with van der Waals surface area (Å²) in [4.78, 5) is 0. The Morgan fingerprint density at radius 2 is 0.764 bits per heavy atom. The number of hydrogen-bond acceptors (Lipinski definition) is 4. The van der Waals surface area contributed by atoms with E-state index in [1.165, 1.54) is 84.7 Å². The first-order valence-corrected chi connectivity index (χ1v) is 22.4. The molecule has 4 rings (SSSR count). The first-order valence-electron chi connectivity index (χ1n) is 22.4. The Balaban J connectivity index is 1.71. The summed E-state index contributed by atoms with van der Waals surface area (Å²) in [5, 5.41) is 0. The molecule has 2 aliphatic rings. The van der Waals surface area contributed by atoms with Crippen LogP contribution in [0, 0.1) is 11.8 Å². The van der Waals surface area contributed by atoms with E-state index in [1.54, 1.807) is 0 Å². The molecule has 4 nitrogen and oxygen atoms in total. The van der Waals surface area contributed by atoms with E-state index in [9.17, 15) is 0 Å². The van der Waals surface area contributed by atoms with E-state index in [0.717, 1.165) is 50.8 Å². The molecule has 4 unspecified atom stereocenters. The van der Waals surface area contributed by atoms with Crippen molar-refractivity contribution in [3.05, 3.63) is 57.6 Å². The van der Waals surface area contributed by atoms with Crippen LogP contribution in [0.5, 0.6) is 11.5 Å². The number of epoxide rings is 2. The Morgan fingerprint density at radius 1 is 0.491 bits per heavy atom. The maximum atomic E-state index is 6.93. The second kappa shape index (κ2) is 18.3. The van der Waals surface area contributed by atoms with Crippen molar-refractivity contribution < 1.29 is 18.9 Å². The van der Waals surface area contributed by atoms with Gasteiger partial charge in [0, 0.05) is 27.7 Å². The van der Waals surface area contributed by atoms with Crippen LogP contribution in [0.15, 0.2) is 24.3 Å². The van der Waals surface area contributed by atoms with E-state index in [4.69, 9.17) is 18.9 Å². The molecule has 55 heavy (non-hydrogen) atoms. The molecular weight excluding hydrogens is 677 g/mol. The minimum absolute atomic E-state index is 0.0844. The Bertz CT molecular complexity index is 1330. The smallest absolute Gasteiger partial charge is 0.126 e. The van der Waals surface area contributed by atoms with Gasteiger partial charge in [0.15, 0.2) is 0 Å². The van der Waals surface area contributed by atoms with Crippen molar-refractivity contribution >= 4 is 0 Å². The van der Waals surface area contributed by atoms with Gasteiger partial charge in [-0.3, -0.25) is 0 Å². The average molecular weight is 761 g/mol. The molecule has 0 amide bonds. The standard InChI is InChI=1S/C51H84O4/c1-17-19-23-35(43-33-54-43)25-21-27-52-45-39(47(3,4)5)29-37(30-40(45)48(6,7)8)51(15,16)38-31-41(49(9,10)11)46(42(32-38)50(12,13)14)53-28-22-26-36(24-20-18-2)44-34-55-44/h29-32,35-36,43-44H,17-28,33-34H2,1-16H3. The van der Waals surface area contributed by atoms with Crippen molar-refractivity contribution in [1.29, 1.82) is 0 Å². The van der Waals surface area contributed by atoms with E-state index in [2.05, 4.69) is 135 Å². The molecule has 0 saturated carbocycles. The second-order valence-electron chi connectivity index (χ2n) is 22.0. The molecule has 0 N–H and O–H groups in total. The van der Waals surface area contributed by atoms with Gasteiger partial charge in [0.05, 0.1) is 38.6 Å². The predicted molar refractivity (Wildman–Crippen MR) is 235 cm³/mol. The fourth-order valence-electron chi connectivity index (χ4n) is 8.35. The van der Waals surface area contributed by atoms with Gasteiger partial charge in [-0.1, -0.05) is 161 Å². The molecule has 2 aromatic carbocycles. The zero-order chi connectivity index (χ0) is 41.0. The lowest BCUT2D eigenvalue weighted by Crippen LogP contribution is -2.27. The molecule has 0 radical (unpaired) electrons. The van der Waals surface area contributed by atoms with Crippen LogP contribution in [-0.4, -0.2) is 38.6 Å². The van der Waals surface area contributed by atoms with Gasteiger partial charge >= 0.3 is 0 Å².